The van der Waals surface area contributed by atoms with Gasteiger partial charge in [0.1, 0.15) is 11.3 Å². The van der Waals surface area contributed by atoms with Crippen LogP contribution in [0.3, 0.4) is 0 Å². The summed E-state index contributed by atoms with van der Waals surface area (Å²) in [5.41, 5.74) is -6.74. The highest BCUT2D eigenvalue weighted by Gasteiger charge is 2.59. The number of aromatic nitrogens is 3. The SMILES string of the molecule is CC(C)(C)OC(=O)Nc1cc(C(F)(F)F)c2nc1-c1nnc(o1)[C@@](COCc1ccccc1)(C(F)(F)F)CCCCCN(C1CCC(=N)CC1)C2=O. The lowest BCUT2D eigenvalue weighted by Crippen LogP contribution is -2.47. The minimum absolute atomic E-state index is 0.0357. The lowest BCUT2D eigenvalue weighted by molar-refractivity contribution is -0.215. The molecule has 3 heterocycles. The van der Waals surface area contributed by atoms with E-state index in [0.29, 0.717) is 43.0 Å². The second kappa shape index (κ2) is 15.2. The molecule has 282 valence electrons. The molecule has 4 bridgehead atoms. The summed E-state index contributed by atoms with van der Waals surface area (Å²) in [4.78, 5) is 32.3. The maximum atomic E-state index is 15.3. The van der Waals surface area contributed by atoms with Crippen LogP contribution in [0.15, 0.2) is 40.8 Å². The predicted octanol–water partition coefficient (Wildman–Crippen LogP) is 8.49. The van der Waals surface area contributed by atoms with Crippen molar-refractivity contribution < 1.29 is 49.8 Å². The third kappa shape index (κ3) is 8.90. The largest absolute Gasteiger partial charge is 0.444 e. The van der Waals surface area contributed by atoms with Gasteiger partial charge in [0.15, 0.2) is 11.1 Å². The monoisotopic (exact) mass is 738 g/mol. The van der Waals surface area contributed by atoms with Crippen molar-refractivity contribution in [3.63, 3.8) is 0 Å². The van der Waals surface area contributed by atoms with Crippen molar-refractivity contribution in [1.29, 1.82) is 5.41 Å². The Bertz CT molecular complexity index is 1750. The molecule has 1 aromatic carbocycles. The van der Waals surface area contributed by atoms with E-state index in [1.54, 1.807) is 30.3 Å². The summed E-state index contributed by atoms with van der Waals surface area (Å²) < 4.78 is 106. The van der Waals surface area contributed by atoms with E-state index >= 15 is 13.2 Å². The highest BCUT2D eigenvalue weighted by Crippen LogP contribution is 2.46. The zero-order valence-electron chi connectivity index (χ0n) is 28.9. The first-order chi connectivity index (χ1) is 24.4. The van der Waals surface area contributed by atoms with Crippen LogP contribution >= 0.6 is 0 Å². The molecule has 0 saturated heterocycles. The van der Waals surface area contributed by atoms with Crippen molar-refractivity contribution in [3.8, 4) is 11.6 Å². The van der Waals surface area contributed by atoms with E-state index in [1.807, 2.05) is 0 Å². The van der Waals surface area contributed by atoms with Gasteiger partial charge in [-0.25, -0.2) is 9.78 Å². The lowest BCUT2D eigenvalue weighted by atomic mass is 9.82. The van der Waals surface area contributed by atoms with Crippen LogP contribution in [0.1, 0.15) is 99.6 Å². The molecular weight excluding hydrogens is 698 g/mol. The van der Waals surface area contributed by atoms with Crippen molar-refractivity contribution in [3.05, 3.63) is 59.1 Å². The molecule has 2 aliphatic rings. The summed E-state index contributed by atoms with van der Waals surface area (Å²) in [6.45, 7) is 3.40. The predicted molar refractivity (Wildman–Crippen MR) is 176 cm³/mol. The number of ether oxygens (including phenoxy) is 2. The lowest BCUT2D eigenvalue weighted by Gasteiger charge is -2.35. The van der Waals surface area contributed by atoms with E-state index in [2.05, 4.69) is 20.5 Å². The molecule has 3 aromatic rings. The smallest absolute Gasteiger partial charge is 0.418 e. The minimum atomic E-state index is -5.16. The fourth-order valence-corrected chi connectivity index (χ4v) is 6.31. The molecule has 2 N–H and O–H groups in total. The van der Waals surface area contributed by atoms with E-state index in [9.17, 15) is 22.8 Å². The van der Waals surface area contributed by atoms with E-state index in [-0.39, 0.29) is 32.4 Å². The van der Waals surface area contributed by atoms with Gasteiger partial charge in [0.05, 0.1) is 24.5 Å². The number of rotatable bonds is 6. The van der Waals surface area contributed by atoms with Gasteiger partial charge < -0.3 is 24.2 Å². The van der Waals surface area contributed by atoms with E-state index in [4.69, 9.17) is 19.3 Å². The third-order valence-electron chi connectivity index (χ3n) is 8.97. The first-order valence-electron chi connectivity index (χ1n) is 16.9. The molecular formula is C35H40F6N6O5. The Balaban J connectivity index is 1.67. The first-order valence-corrected chi connectivity index (χ1v) is 16.9. The molecule has 1 aliphatic carbocycles. The third-order valence-corrected chi connectivity index (χ3v) is 8.97. The summed E-state index contributed by atoms with van der Waals surface area (Å²) in [5, 5.41) is 17.7. The van der Waals surface area contributed by atoms with Gasteiger partial charge in [0.2, 0.25) is 5.89 Å². The van der Waals surface area contributed by atoms with Crippen LogP contribution in [0.2, 0.25) is 0 Å². The van der Waals surface area contributed by atoms with E-state index < -0.39 is 88.9 Å². The number of nitrogens with one attached hydrogen (secondary N) is 2. The van der Waals surface area contributed by atoms with Crippen LogP contribution in [0.4, 0.5) is 36.8 Å². The Kier molecular flexibility index (Phi) is 11.3. The number of anilines is 1. The summed E-state index contributed by atoms with van der Waals surface area (Å²) in [6.07, 6.45) is -10.3. The van der Waals surface area contributed by atoms with Gasteiger partial charge in [-0.1, -0.05) is 43.2 Å². The van der Waals surface area contributed by atoms with Crippen molar-refractivity contribution >= 4 is 23.4 Å². The molecule has 0 radical (unpaired) electrons. The Morgan fingerprint density at radius 1 is 1.02 bits per heavy atom. The van der Waals surface area contributed by atoms with Crippen molar-refractivity contribution in [2.75, 3.05) is 18.5 Å². The van der Waals surface area contributed by atoms with Crippen LogP contribution < -0.4 is 5.32 Å². The fourth-order valence-electron chi connectivity index (χ4n) is 6.31. The standard InChI is InChI=1S/C35H40F6N6O5/c1-32(2,3)52-31(49)43-25-18-24(34(36,37)38)26-29(48)47(23-14-12-22(42)13-15-23)17-9-5-8-16-33(35(39,40)41,20-50-19-21-10-6-4-7-11-21)30-46-45-28(51-30)27(25)44-26/h4,6-7,10-11,18,23,42H,5,8-9,12-17,19-20H2,1-3H3,(H,43,49)/t23?,33-/m1/s1. The van der Waals surface area contributed by atoms with Crippen molar-refractivity contribution in [1.82, 2.24) is 20.1 Å². The highest BCUT2D eigenvalue weighted by molar-refractivity contribution is 5.97. The number of benzene rings is 1. The molecule has 0 spiro atoms. The molecule has 2 aromatic heterocycles. The van der Waals surface area contributed by atoms with Crippen LogP contribution in [-0.4, -0.2) is 68.8 Å². The topological polar surface area (TPSA) is 144 Å². The molecule has 0 unspecified atom stereocenters. The van der Waals surface area contributed by atoms with Gasteiger partial charge in [-0.05, 0) is 70.9 Å². The molecule has 52 heavy (non-hydrogen) atoms. The molecule has 2 amide bonds. The number of alkyl halides is 6. The van der Waals surface area contributed by atoms with Crippen LogP contribution in [-0.2, 0) is 27.7 Å². The van der Waals surface area contributed by atoms with E-state index in [1.165, 1.54) is 25.7 Å². The first kappa shape index (κ1) is 38.7. The second-order valence-corrected chi connectivity index (χ2v) is 14.0. The summed E-state index contributed by atoms with van der Waals surface area (Å²) >= 11 is 0. The maximum Gasteiger partial charge on any atom is 0.418 e. The normalized spacial score (nSPS) is 20.7. The molecule has 17 heteroatoms. The molecule has 1 aliphatic heterocycles. The highest BCUT2D eigenvalue weighted by atomic mass is 19.4. The van der Waals surface area contributed by atoms with Crippen LogP contribution in [0.5, 0.6) is 0 Å². The molecule has 11 nitrogen and oxygen atoms in total. The number of pyridine rings is 1. The molecule has 1 atom stereocenters. The summed E-state index contributed by atoms with van der Waals surface area (Å²) in [5.74, 6) is -2.74. The van der Waals surface area contributed by atoms with Gasteiger partial charge in [-0.3, -0.25) is 10.1 Å². The second-order valence-electron chi connectivity index (χ2n) is 14.0. The number of halogens is 6. The number of fused-ring (bicyclic) bond motifs is 5. The number of amides is 2. The van der Waals surface area contributed by atoms with Crippen molar-refractivity contribution in [2.24, 2.45) is 0 Å². The Morgan fingerprint density at radius 3 is 2.35 bits per heavy atom. The van der Waals surface area contributed by atoms with Gasteiger partial charge in [0.25, 0.3) is 11.8 Å². The Labute approximate surface area is 296 Å². The summed E-state index contributed by atoms with van der Waals surface area (Å²) in [6, 6.07) is 8.47. The summed E-state index contributed by atoms with van der Waals surface area (Å²) in [7, 11) is 0. The average molecular weight is 739 g/mol. The Morgan fingerprint density at radius 2 is 1.71 bits per heavy atom. The number of carbonyl (C=O) groups excluding carboxylic acids is 2. The quantitative estimate of drug-likeness (QED) is 0.240. The van der Waals surface area contributed by atoms with Crippen LogP contribution in [0.25, 0.3) is 11.6 Å². The van der Waals surface area contributed by atoms with Gasteiger partial charge in [-0.15, -0.1) is 10.2 Å². The Hall–Kier alpha value is -4.54. The zero-order valence-corrected chi connectivity index (χ0v) is 28.9. The number of hydrogen-bond acceptors (Lipinski definition) is 9. The molecule has 1 fully saturated rings. The number of nitrogens with zero attached hydrogens (tertiary/aromatic N) is 4. The fraction of sp³-hybridized carbons (Fsp3) is 0.543. The zero-order chi connectivity index (χ0) is 37.9. The van der Waals surface area contributed by atoms with Crippen molar-refractivity contribution in [2.45, 2.75) is 108 Å². The van der Waals surface area contributed by atoms with E-state index in [0.717, 1.165) is 0 Å². The van der Waals surface area contributed by atoms with Gasteiger partial charge >= 0.3 is 18.4 Å². The minimum Gasteiger partial charge on any atom is -0.444 e. The average Bonchev–Trinajstić information content (AvgIpc) is 3.54. The van der Waals surface area contributed by atoms with Crippen LogP contribution in [0, 0.1) is 5.41 Å². The van der Waals surface area contributed by atoms with Gasteiger partial charge in [-0.2, -0.15) is 26.3 Å². The number of carbonyl (C=O) groups is 2. The van der Waals surface area contributed by atoms with Gasteiger partial charge in [0, 0.05) is 18.3 Å². The maximum absolute atomic E-state index is 15.3. The number of hydrogen-bond donors (Lipinski definition) is 2. The molecule has 1 saturated carbocycles. The molecule has 5 rings (SSSR count).